The minimum absolute atomic E-state index is 0.0632. The van der Waals surface area contributed by atoms with Crippen LogP contribution < -0.4 is 15.4 Å². The molecule has 0 bridgehead atoms. The van der Waals surface area contributed by atoms with Crippen molar-refractivity contribution in [1.82, 2.24) is 15.5 Å². The molecule has 2 N–H and O–H groups in total. The highest BCUT2D eigenvalue weighted by Gasteiger charge is 2.43. The number of benzene rings is 1. The van der Waals surface area contributed by atoms with Gasteiger partial charge in [-0.25, -0.2) is 0 Å². The van der Waals surface area contributed by atoms with E-state index in [-0.39, 0.29) is 36.8 Å². The number of hydrogen-bond donors (Lipinski definition) is 2. The minimum atomic E-state index is -4.83. The maximum absolute atomic E-state index is 13.3. The summed E-state index contributed by atoms with van der Waals surface area (Å²) >= 11 is 0. The zero-order valence-electron chi connectivity index (χ0n) is 18.5. The molecule has 2 heterocycles. The summed E-state index contributed by atoms with van der Waals surface area (Å²) in [5, 5.41) is 4.90. The first-order valence-electron chi connectivity index (χ1n) is 10.8. The molecule has 4 rings (SSSR count). The molecule has 0 radical (unpaired) electrons. The predicted molar refractivity (Wildman–Crippen MR) is 116 cm³/mol. The van der Waals surface area contributed by atoms with Crippen LogP contribution in [0.25, 0.3) is 0 Å². The van der Waals surface area contributed by atoms with Crippen molar-refractivity contribution < 1.29 is 37.1 Å². The summed E-state index contributed by atoms with van der Waals surface area (Å²) < 4.78 is 40.6. The van der Waals surface area contributed by atoms with E-state index in [1.165, 1.54) is 17.0 Å². The van der Waals surface area contributed by atoms with E-state index < -0.39 is 41.9 Å². The van der Waals surface area contributed by atoms with Crippen molar-refractivity contribution >= 4 is 29.5 Å². The molecule has 184 valence electrons. The summed E-state index contributed by atoms with van der Waals surface area (Å²) in [4.78, 5) is 55.3. The van der Waals surface area contributed by atoms with E-state index in [9.17, 15) is 32.3 Å². The molecular weight excluding hydrogens is 469 g/mol. The second-order valence-electron chi connectivity index (χ2n) is 8.22. The number of amidine groups is 1. The van der Waals surface area contributed by atoms with Gasteiger partial charge in [-0.3, -0.25) is 34.4 Å². The van der Waals surface area contributed by atoms with E-state index in [0.717, 1.165) is 12.1 Å². The number of amides is 4. The normalized spacial score (nSPS) is 24.3. The van der Waals surface area contributed by atoms with E-state index in [2.05, 4.69) is 20.4 Å². The Hall–Kier alpha value is -3.96. The summed E-state index contributed by atoms with van der Waals surface area (Å²) in [6.07, 6.45) is 0.636. The average molecular weight is 490 g/mol. The Morgan fingerprint density at radius 1 is 1.23 bits per heavy atom. The summed E-state index contributed by atoms with van der Waals surface area (Å²) in [6.45, 7) is 1.70. The number of halogens is 3. The Morgan fingerprint density at radius 3 is 2.60 bits per heavy atom. The van der Waals surface area contributed by atoms with Crippen LogP contribution >= 0.6 is 0 Å². The molecule has 1 saturated heterocycles. The Morgan fingerprint density at radius 2 is 1.94 bits per heavy atom. The van der Waals surface area contributed by atoms with Crippen LogP contribution in [0.4, 0.5) is 13.2 Å². The average Bonchev–Trinajstić information content (AvgIpc) is 2.78. The van der Waals surface area contributed by atoms with Crippen molar-refractivity contribution in [2.24, 2.45) is 10.9 Å². The highest BCUT2D eigenvalue weighted by atomic mass is 19.4. The first-order chi connectivity index (χ1) is 16.5. The van der Waals surface area contributed by atoms with Crippen LogP contribution in [0.5, 0.6) is 5.75 Å². The number of carbonyl (C=O) groups excluding carboxylic acids is 4. The summed E-state index contributed by atoms with van der Waals surface area (Å²) in [7, 11) is 0. The minimum Gasteiger partial charge on any atom is -0.406 e. The first-order valence-corrected chi connectivity index (χ1v) is 10.8. The lowest BCUT2D eigenvalue weighted by Gasteiger charge is -2.39. The lowest BCUT2D eigenvalue weighted by atomic mass is 9.87. The number of ether oxygens (including phenoxy) is 1. The Kier molecular flexibility index (Phi) is 6.46. The van der Waals surface area contributed by atoms with Crippen molar-refractivity contribution in [3.05, 3.63) is 53.6 Å². The van der Waals surface area contributed by atoms with Gasteiger partial charge in [0.2, 0.25) is 17.7 Å². The van der Waals surface area contributed by atoms with Crippen LogP contribution in [0.3, 0.4) is 0 Å². The molecule has 1 aliphatic carbocycles. The van der Waals surface area contributed by atoms with E-state index in [1.54, 1.807) is 25.2 Å². The molecule has 0 spiro atoms. The van der Waals surface area contributed by atoms with Crippen LogP contribution in [0.15, 0.2) is 53.1 Å². The Bertz CT molecular complexity index is 1160. The summed E-state index contributed by atoms with van der Waals surface area (Å²) in [6, 6.07) is 3.22. The maximum Gasteiger partial charge on any atom is 0.573 e. The maximum atomic E-state index is 13.3. The topological polar surface area (TPSA) is 117 Å². The van der Waals surface area contributed by atoms with Crippen LogP contribution in [0, 0.1) is 5.92 Å². The molecule has 1 fully saturated rings. The molecular formula is C23H21F3N4O5. The SMILES string of the molecule is CC1=NC2C=CC(CNC(=O)c3ccc(OC(F)(F)F)cc3)=CC2C(=O)N1C1CCC(=O)NC1=O. The molecule has 1 aromatic rings. The second-order valence-corrected chi connectivity index (χ2v) is 8.22. The largest absolute Gasteiger partial charge is 0.573 e. The van der Waals surface area contributed by atoms with Gasteiger partial charge in [0.1, 0.15) is 17.6 Å². The molecule has 4 amide bonds. The molecule has 3 aliphatic rings. The standard InChI is InChI=1S/C23H21F3N4O5/c1-12-28-17-7-2-13(10-16(17)22(34)30(12)18-8-9-19(31)29-21(18)33)11-27-20(32)14-3-5-15(6-4-14)35-23(24,25)26/h2-7,10,16-18H,8-9,11H2,1H3,(H,27,32)(H,29,31,33). The van der Waals surface area contributed by atoms with E-state index in [4.69, 9.17) is 0 Å². The van der Waals surface area contributed by atoms with Crippen LogP contribution in [-0.4, -0.2) is 59.4 Å². The lowest BCUT2D eigenvalue weighted by molar-refractivity contribution is -0.274. The number of nitrogens with one attached hydrogen (secondary N) is 2. The number of aliphatic imine (C=N–C) groups is 1. The third-order valence-corrected chi connectivity index (χ3v) is 5.80. The number of imide groups is 1. The summed E-state index contributed by atoms with van der Waals surface area (Å²) in [5.41, 5.74) is 0.763. The van der Waals surface area contributed by atoms with Gasteiger partial charge < -0.3 is 10.1 Å². The van der Waals surface area contributed by atoms with Gasteiger partial charge in [-0.1, -0.05) is 18.2 Å². The molecule has 0 saturated carbocycles. The number of carbonyl (C=O) groups is 4. The van der Waals surface area contributed by atoms with E-state index in [0.29, 0.717) is 11.4 Å². The molecule has 12 heteroatoms. The first kappa shape index (κ1) is 24.2. The number of rotatable bonds is 5. The molecule has 9 nitrogen and oxygen atoms in total. The number of hydrogen-bond acceptors (Lipinski definition) is 6. The number of nitrogens with zero attached hydrogens (tertiary/aromatic N) is 2. The fraction of sp³-hybridized carbons (Fsp3) is 0.348. The Labute approximate surface area is 197 Å². The van der Waals surface area contributed by atoms with Crippen molar-refractivity contribution in [2.75, 3.05) is 6.54 Å². The fourth-order valence-electron chi connectivity index (χ4n) is 4.18. The van der Waals surface area contributed by atoms with Crippen molar-refractivity contribution in [3.63, 3.8) is 0 Å². The zero-order valence-corrected chi connectivity index (χ0v) is 18.5. The van der Waals surface area contributed by atoms with Crippen molar-refractivity contribution in [2.45, 2.75) is 38.2 Å². The molecule has 1 aromatic carbocycles. The monoisotopic (exact) mass is 490 g/mol. The van der Waals surface area contributed by atoms with Crippen LogP contribution in [0.1, 0.15) is 30.1 Å². The van der Waals surface area contributed by atoms with Crippen LogP contribution in [0.2, 0.25) is 0 Å². The van der Waals surface area contributed by atoms with Crippen molar-refractivity contribution in [3.8, 4) is 5.75 Å². The highest BCUT2D eigenvalue weighted by molar-refractivity contribution is 6.08. The van der Waals surface area contributed by atoms with E-state index >= 15 is 0 Å². The third-order valence-electron chi connectivity index (χ3n) is 5.80. The zero-order chi connectivity index (χ0) is 25.3. The molecule has 3 unspecified atom stereocenters. The molecule has 35 heavy (non-hydrogen) atoms. The molecule has 2 aliphatic heterocycles. The molecule has 0 aromatic heterocycles. The van der Waals surface area contributed by atoms with Crippen molar-refractivity contribution in [1.29, 1.82) is 0 Å². The quantitative estimate of drug-likeness (QED) is 0.612. The number of fused-ring (bicyclic) bond motifs is 1. The van der Waals surface area contributed by atoms with Gasteiger partial charge in [0.15, 0.2) is 0 Å². The van der Waals surface area contributed by atoms with Gasteiger partial charge in [-0.2, -0.15) is 0 Å². The molecule has 3 atom stereocenters. The van der Waals surface area contributed by atoms with Gasteiger partial charge in [0, 0.05) is 18.5 Å². The third kappa shape index (κ3) is 5.42. The van der Waals surface area contributed by atoms with Gasteiger partial charge in [-0.05, 0) is 43.2 Å². The Balaban J connectivity index is 1.41. The van der Waals surface area contributed by atoms with Crippen LogP contribution in [-0.2, 0) is 14.4 Å². The summed E-state index contributed by atoms with van der Waals surface area (Å²) in [5.74, 6) is -2.51. The predicted octanol–water partition coefficient (Wildman–Crippen LogP) is 1.86. The fourth-order valence-corrected chi connectivity index (χ4v) is 4.18. The second kappa shape index (κ2) is 9.35. The van der Waals surface area contributed by atoms with Gasteiger partial charge in [0.05, 0.1) is 12.0 Å². The highest BCUT2D eigenvalue weighted by Crippen LogP contribution is 2.29. The number of alkyl halides is 3. The van der Waals surface area contributed by atoms with Gasteiger partial charge >= 0.3 is 6.36 Å². The van der Waals surface area contributed by atoms with E-state index in [1.807, 2.05) is 0 Å². The number of piperidine rings is 1. The lowest BCUT2D eigenvalue weighted by Crippen LogP contribution is -2.59. The van der Waals surface area contributed by atoms with Gasteiger partial charge in [-0.15, -0.1) is 13.2 Å². The smallest absolute Gasteiger partial charge is 0.406 e. The van der Waals surface area contributed by atoms with Gasteiger partial charge in [0.25, 0.3) is 5.91 Å².